The van der Waals surface area contributed by atoms with Gasteiger partial charge < -0.3 is 9.64 Å². The molecule has 4 nitrogen and oxygen atoms in total. The van der Waals surface area contributed by atoms with Crippen molar-refractivity contribution in [3.05, 3.63) is 22.9 Å². The molecule has 1 aromatic heterocycles. The minimum atomic E-state index is 0.460. The van der Waals surface area contributed by atoms with Crippen LogP contribution < -0.4 is 4.74 Å². The first-order valence-corrected chi connectivity index (χ1v) is 6.35. The lowest BCUT2D eigenvalue weighted by molar-refractivity contribution is 0.217. The molecule has 0 aliphatic carbocycles. The van der Waals surface area contributed by atoms with Crippen molar-refractivity contribution in [1.29, 1.82) is 5.26 Å². The molecule has 0 radical (unpaired) electrons. The molecule has 0 aliphatic heterocycles. The summed E-state index contributed by atoms with van der Waals surface area (Å²) in [6, 6.07) is 4.05. The molecule has 1 aromatic rings. The van der Waals surface area contributed by atoms with Crippen molar-refractivity contribution in [2.24, 2.45) is 0 Å². The van der Waals surface area contributed by atoms with E-state index >= 15 is 0 Å². The summed E-state index contributed by atoms with van der Waals surface area (Å²) in [7, 11) is 0. The zero-order valence-electron chi connectivity index (χ0n) is 11.7. The van der Waals surface area contributed by atoms with Gasteiger partial charge in [0.2, 0.25) is 5.88 Å². The van der Waals surface area contributed by atoms with Crippen molar-refractivity contribution in [3.63, 3.8) is 0 Å². The third kappa shape index (κ3) is 3.71. The van der Waals surface area contributed by atoms with Gasteiger partial charge >= 0.3 is 0 Å². The van der Waals surface area contributed by atoms with Crippen molar-refractivity contribution >= 4 is 0 Å². The van der Waals surface area contributed by atoms with Crippen LogP contribution in [0.3, 0.4) is 0 Å². The molecule has 98 valence electrons. The Hall–Kier alpha value is -1.60. The summed E-state index contributed by atoms with van der Waals surface area (Å²) in [4.78, 5) is 6.56. The van der Waals surface area contributed by atoms with Crippen LogP contribution in [0.15, 0.2) is 6.07 Å². The number of pyridine rings is 1. The number of hydrogen-bond acceptors (Lipinski definition) is 4. The topological polar surface area (TPSA) is 49.1 Å². The van der Waals surface area contributed by atoms with E-state index in [1.807, 2.05) is 19.9 Å². The summed E-state index contributed by atoms with van der Waals surface area (Å²) < 4.78 is 5.65. The third-order valence-electron chi connectivity index (χ3n) is 2.96. The fourth-order valence-electron chi connectivity index (χ4n) is 1.85. The van der Waals surface area contributed by atoms with E-state index in [1.165, 1.54) is 0 Å². The monoisotopic (exact) mass is 247 g/mol. The average molecular weight is 247 g/mol. The van der Waals surface area contributed by atoms with E-state index in [4.69, 9.17) is 10.00 Å². The Morgan fingerprint density at radius 3 is 2.56 bits per heavy atom. The first-order valence-electron chi connectivity index (χ1n) is 6.35. The van der Waals surface area contributed by atoms with Crippen LogP contribution in [-0.2, 0) is 0 Å². The molecule has 0 atom stereocenters. The first kappa shape index (κ1) is 14.5. The highest BCUT2D eigenvalue weighted by Crippen LogP contribution is 2.19. The maximum atomic E-state index is 9.11. The Kier molecular flexibility index (Phi) is 5.60. The van der Waals surface area contributed by atoms with E-state index in [0.717, 1.165) is 30.9 Å². The molecule has 0 amide bonds. The van der Waals surface area contributed by atoms with E-state index in [-0.39, 0.29) is 0 Å². The fourth-order valence-corrected chi connectivity index (χ4v) is 1.85. The number of nitriles is 1. The summed E-state index contributed by atoms with van der Waals surface area (Å²) in [6.07, 6.45) is 0. The molecule has 0 aromatic carbocycles. The Labute approximate surface area is 109 Å². The zero-order valence-corrected chi connectivity index (χ0v) is 11.7. The van der Waals surface area contributed by atoms with Crippen molar-refractivity contribution in [1.82, 2.24) is 9.88 Å². The number of rotatable bonds is 6. The van der Waals surface area contributed by atoms with Crippen molar-refractivity contribution < 1.29 is 4.74 Å². The fraction of sp³-hybridized carbons (Fsp3) is 0.571. The largest absolute Gasteiger partial charge is 0.475 e. The molecule has 18 heavy (non-hydrogen) atoms. The van der Waals surface area contributed by atoms with Crippen LogP contribution >= 0.6 is 0 Å². The molecule has 0 saturated carbocycles. The van der Waals surface area contributed by atoms with E-state index in [0.29, 0.717) is 18.1 Å². The van der Waals surface area contributed by atoms with Gasteiger partial charge in [0.05, 0.1) is 0 Å². The van der Waals surface area contributed by atoms with E-state index in [9.17, 15) is 0 Å². The van der Waals surface area contributed by atoms with Gasteiger partial charge in [0.15, 0.2) is 0 Å². The first-order chi connectivity index (χ1) is 8.62. The number of likely N-dealkylation sites (N-methyl/N-ethyl adjacent to an activating group) is 1. The van der Waals surface area contributed by atoms with Gasteiger partial charge in [0.25, 0.3) is 0 Å². The average Bonchev–Trinajstić information content (AvgIpc) is 2.34. The molecule has 0 fully saturated rings. The van der Waals surface area contributed by atoms with Crippen LogP contribution in [-0.4, -0.2) is 36.1 Å². The minimum Gasteiger partial charge on any atom is -0.475 e. The van der Waals surface area contributed by atoms with E-state index in [1.54, 1.807) is 0 Å². The van der Waals surface area contributed by atoms with Crippen LogP contribution in [0.25, 0.3) is 0 Å². The Balaban J connectivity index is 2.70. The predicted octanol–water partition coefficient (Wildman–Crippen LogP) is 2.29. The molecule has 0 bridgehead atoms. The standard InChI is InChI=1S/C14H21N3O/c1-5-17(6-2)7-8-18-14-13(10-15)11(3)9-12(4)16-14/h9H,5-8H2,1-4H3. The Morgan fingerprint density at radius 2 is 2.00 bits per heavy atom. The Morgan fingerprint density at radius 1 is 1.33 bits per heavy atom. The predicted molar refractivity (Wildman–Crippen MR) is 71.7 cm³/mol. The summed E-state index contributed by atoms with van der Waals surface area (Å²) in [5, 5.41) is 9.11. The molecule has 0 aliphatic rings. The van der Waals surface area contributed by atoms with Gasteiger partial charge in [-0.15, -0.1) is 0 Å². The van der Waals surface area contributed by atoms with Gasteiger partial charge in [0.1, 0.15) is 18.2 Å². The SMILES string of the molecule is CCN(CC)CCOc1nc(C)cc(C)c1C#N. The molecule has 1 heterocycles. The molecule has 0 unspecified atom stereocenters. The third-order valence-corrected chi connectivity index (χ3v) is 2.96. The highest BCUT2D eigenvalue weighted by Gasteiger charge is 2.10. The lowest BCUT2D eigenvalue weighted by atomic mass is 10.1. The smallest absolute Gasteiger partial charge is 0.232 e. The van der Waals surface area contributed by atoms with Crippen molar-refractivity contribution in [2.75, 3.05) is 26.2 Å². The number of aromatic nitrogens is 1. The maximum Gasteiger partial charge on any atom is 0.232 e. The quantitative estimate of drug-likeness (QED) is 0.774. The second kappa shape index (κ2) is 6.97. The number of nitrogens with zero attached hydrogens (tertiary/aromatic N) is 3. The maximum absolute atomic E-state index is 9.11. The summed E-state index contributed by atoms with van der Waals surface area (Å²) >= 11 is 0. The Bertz CT molecular complexity index is 433. The van der Waals surface area contributed by atoms with Crippen molar-refractivity contribution in [2.45, 2.75) is 27.7 Å². The van der Waals surface area contributed by atoms with Gasteiger partial charge in [-0.2, -0.15) is 5.26 Å². The molecular weight excluding hydrogens is 226 g/mol. The molecular formula is C14H21N3O. The zero-order chi connectivity index (χ0) is 13.5. The lowest BCUT2D eigenvalue weighted by Gasteiger charge is -2.18. The molecule has 1 rings (SSSR count). The minimum absolute atomic E-state index is 0.460. The second-order valence-electron chi connectivity index (χ2n) is 4.25. The molecule has 0 N–H and O–H groups in total. The van der Waals surface area contributed by atoms with Gasteiger partial charge in [0, 0.05) is 12.2 Å². The normalized spacial score (nSPS) is 10.4. The van der Waals surface area contributed by atoms with Crippen LogP contribution in [0, 0.1) is 25.2 Å². The highest BCUT2D eigenvalue weighted by atomic mass is 16.5. The van der Waals surface area contributed by atoms with Gasteiger partial charge in [-0.3, -0.25) is 0 Å². The van der Waals surface area contributed by atoms with E-state index < -0.39 is 0 Å². The van der Waals surface area contributed by atoms with Crippen molar-refractivity contribution in [3.8, 4) is 11.9 Å². The van der Waals surface area contributed by atoms with Gasteiger partial charge in [-0.05, 0) is 38.6 Å². The molecule has 0 spiro atoms. The van der Waals surface area contributed by atoms with Gasteiger partial charge in [-0.25, -0.2) is 4.98 Å². The second-order valence-corrected chi connectivity index (χ2v) is 4.25. The number of ether oxygens (including phenoxy) is 1. The van der Waals surface area contributed by atoms with Gasteiger partial charge in [-0.1, -0.05) is 13.8 Å². The molecule has 4 heteroatoms. The summed E-state index contributed by atoms with van der Waals surface area (Å²) in [6.45, 7) is 11.5. The van der Waals surface area contributed by atoms with E-state index in [2.05, 4.69) is 29.8 Å². The number of aryl methyl sites for hydroxylation is 2. The summed E-state index contributed by atoms with van der Waals surface area (Å²) in [5.74, 6) is 0.460. The molecule has 0 saturated heterocycles. The van der Waals surface area contributed by atoms with Crippen LogP contribution in [0.2, 0.25) is 0 Å². The lowest BCUT2D eigenvalue weighted by Crippen LogP contribution is -2.28. The van der Waals surface area contributed by atoms with Crippen LogP contribution in [0.1, 0.15) is 30.7 Å². The number of hydrogen-bond donors (Lipinski definition) is 0. The highest BCUT2D eigenvalue weighted by molar-refractivity contribution is 5.45. The van der Waals surface area contributed by atoms with Crippen LogP contribution in [0.5, 0.6) is 5.88 Å². The summed E-state index contributed by atoms with van der Waals surface area (Å²) in [5.41, 5.74) is 2.34. The van der Waals surface area contributed by atoms with Crippen LogP contribution in [0.4, 0.5) is 0 Å².